The first-order valence-corrected chi connectivity index (χ1v) is 10.2. The second kappa shape index (κ2) is 7.06. The predicted octanol–water partition coefficient (Wildman–Crippen LogP) is 2.36. The Morgan fingerprint density at radius 2 is 1.70 bits per heavy atom. The standard InChI is InChI=1S/C18H20FN3O4S/c19-14-1-4-16(5-2-14)27(23,24)21-15-3-6-17(20-13-15)22-9-7-18(8-10-22)25-11-12-26-18/h1-6,13,21H,7-12H2. The molecule has 1 aromatic carbocycles. The summed E-state index contributed by atoms with van der Waals surface area (Å²) in [5.41, 5.74) is 0.346. The number of piperidine rings is 1. The van der Waals surface area contributed by atoms with E-state index in [2.05, 4.69) is 14.6 Å². The van der Waals surface area contributed by atoms with Gasteiger partial charge in [0.15, 0.2) is 5.79 Å². The summed E-state index contributed by atoms with van der Waals surface area (Å²) in [4.78, 5) is 6.48. The van der Waals surface area contributed by atoms with Gasteiger partial charge in [0.1, 0.15) is 11.6 Å². The molecule has 0 amide bonds. The number of benzene rings is 1. The molecule has 1 spiro atoms. The first kappa shape index (κ1) is 18.1. The lowest BCUT2D eigenvalue weighted by atomic mass is 10.0. The van der Waals surface area contributed by atoms with E-state index < -0.39 is 21.6 Å². The van der Waals surface area contributed by atoms with Crippen molar-refractivity contribution in [3.8, 4) is 0 Å². The Balaban J connectivity index is 1.41. The summed E-state index contributed by atoms with van der Waals surface area (Å²) in [7, 11) is -3.79. The minimum atomic E-state index is -3.79. The van der Waals surface area contributed by atoms with Crippen molar-refractivity contribution in [2.75, 3.05) is 35.9 Å². The van der Waals surface area contributed by atoms with Crippen molar-refractivity contribution in [1.82, 2.24) is 4.98 Å². The lowest BCUT2D eigenvalue weighted by Gasteiger charge is -2.38. The topological polar surface area (TPSA) is 80.8 Å². The minimum Gasteiger partial charge on any atom is -0.356 e. The molecule has 0 saturated carbocycles. The Morgan fingerprint density at radius 1 is 1.04 bits per heavy atom. The molecular weight excluding hydrogens is 373 g/mol. The van der Waals surface area contributed by atoms with E-state index in [1.807, 2.05) is 0 Å². The van der Waals surface area contributed by atoms with Gasteiger partial charge in [-0.15, -0.1) is 0 Å². The Labute approximate surface area is 157 Å². The van der Waals surface area contributed by atoms with Gasteiger partial charge in [-0.2, -0.15) is 0 Å². The van der Waals surface area contributed by atoms with E-state index in [0.29, 0.717) is 18.9 Å². The highest BCUT2D eigenvalue weighted by Crippen LogP contribution is 2.32. The molecule has 0 bridgehead atoms. The van der Waals surface area contributed by atoms with Gasteiger partial charge in [0.25, 0.3) is 10.0 Å². The molecule has 144 valence electrons. The summed E-state index contributed by atoms with van der Waals surface area (Å²) < 4.78 is 51.6. The molecule has 0 aliphatic carbocycles. The molecule has 2 aliphatic heterocycles. The fourth-order valence-electron chi connectivity index (χ4n) is 3.32. The van der Waals surface area contributed by atoms with E-state index in [1.165, 1.54) is 18.3 Å². The largest absolute Gasteiger partial charge is 0.356 e. The number of ether oxygens (including phenoxy) is 2. The number of halogens is 1. The van der Waals surface area contributed by atoms with Crippen LogP contribution in [0.3, 0.4) is 0 Å². The lowest BCUT2D eigenvalue weighted by molar-refractivity contribution is -0.169. The number of pyridine rings is 1. The summed E-state index contributed by atoms with van der Waals surface area (Å²) in [5.74, 6) is -0.161. The summed E-state index contributed by atoms with van der Waals surface area (Å²) in [6.45, 7) is 2.80. The Bertz CT molecular complexity index is 887. The zero-order valence-electron chi connectivity index (χ0n) is 14.6. The summed E-state index contributed by atoms with van der Waals surface area (Å²) in [6.07, 6.45) is 3.02. The molecule has 2 saturated heterocycles. The first-order valence-electron chi connectivity index (χ1n) is 8.73. The smallest absolute Gasteiger partial charge is 0.261 e. The van der Waals surface area contributed by atoms with Gasteiger partial charge in [-0.3, -0.25) is 4.72 Å². The molecule has 9 heteroatoms. The van der Waals surface area contributed by atoms with Crippen LogP contribution in [0.4, 0.5) is 15.9 Å². The van der Waals surface area contributed by atoms with E-state index in [4.69, 9.17) is 9.47 Å². The molecule has 4 rings (SSSR count). The maximum Gasteiger partial charge on any atom is 0.261 e. The monoisotopic (exact) mass is 393 g/mol. The molecule has 27 heavy (non-hydrogen) atoms. The molecule has 2 fully saturated rings. The summed E-state index contributed by atoms with van der Waals surface area (Å²) in [6, 6.07) is 8.09. The maximum absolute atomic E-state index is 13.0. The van der Waals surface area contributed by atoms with E-state index in [-0.39, 0.29) is 4.90 Å². The van der Waals surface area contributed by atoms with Gasteiger partial charge in [0, 0.05) is 25.9 Å². The van der Waals surface area contributed by atoms with Gasteiger partial charge in [-0.05, 0) is 36.4 Å². The van der Waals surface area contributed by atoms with Crippen LogP contribution in [0.15, 0.2) is 47.5 Å². The van der Waals surface area contributed by atoms with Gasteiger partial charge in [-0.25, -0.2) is 17.8 Å². The summed E-state index contributed by atoms with van der Waals surface area (Å²) >= 11 is 0. The van der Waals surface area contributed by atoms with Crippen LogP contribution in [0.25, 0.3) is 0 Å². The molecule has 0 unspecified atom stereocenters. The van der Waals surface area contributed by atoms with Crippen molar-refractivity contribution in [3.05, 3.63) is 48.4 Å². The lowest BCUT2D eigenvalue weighted by Crippen LogP contribution is -2.45. The van der Waals surface area contributed by atoms with E-state index in [1.54, 1.807) is 12.1 Å². The van der Waals surface area contributed by atoms with Crippen LogP contribution in [0, 0.1) is 5.82 Å². The normalized spacial score (nSPS) is 19.4. The molecule has 2 aromatic rings. The number of nitrogens with one attached hydrogen (secondary N) is 1. The fourth-order valence-corrected chi connectivity index (χ4v) is 4.37. The number of rotatable bonds is 4. The van der Waals surface area contributed by atoms with Crippen molar-refractivity contribution in [2.24, 2.45) is 0 Å². The quantitative estimate of drug-likeness (QED) is 0.859. The maximum atomic E-state index is 13.0. The van der Waals surface area contributed by atoms with Crippen molar-refractivity contribution >= 4 is 21.5 Å². The van der Waals surface area contributed by atoms with Crippen molar-refractivity contribution in [1.29, 1.82) is 0 Å². The third kappa shape index (κ3) is 3.90. The highest BCUT2D eigenvalue weighted by atomic mass is 32.2. The predicted molar refractivity (Wildman–Crippen MR) is 97.5 cm³/mol. The average molecular weight is 393 g/mol. The van der Waals surface area contributed by atoms with E-state index in [9.17, 15) is 12.8 Å². The minimum absolute atomic E-state index is 0.00845. The third-order valence-corrected chi connectivity index (χ3v) is 6.18. The van der Waals surface area contributed by atoms with E-state index in [0.717, 1.165) is 43.9 Å². The van der Waals surface area contributed by atoms with Crippen molar-refractivity contribution in [2.45, 2.75) is 23.5 Å². The van der Waals surface area contributed by atoms with Crippen LogP contribution in [-0.2, 0) is 19.5 Å². The van der Waals surface area contributed by atoms with Crippen LogP contribution in [-0.4, -0.2) is 45.5 Å². The average Bonchev–Trinajstić information content (AvgIpc) is 3.11. The Morgan fingerprint density at radius 3 is 2.30 bits per heavy atom. The molecule has 0 radical (unpaired) electrons. The number of sulfonamides is 1. The van der Waals surface area contributed by atoms with Gasteiger partial charge in [-0.1, -0.05) is 0 Å². The third-order valence-electron chi connectivity index (χ3n) is 4.79. The molecule has 2 aliphatic rings. The van der Waals surface area contributed by atoms with Gasteiger partial charge in [0.2, 0.25) is 0 Å². The number of aromatic nitrogens is 1. The molecule has 1 N–H and O–H groups in total. The first-order chi connectivity index (χ1) is 13.0. The highest BCUT2D eigenvalue weighted by Gasteiger charge is 2.40. The molecule has 3 heterocycles. The Kier molecular flexibility index (Phi) is 4.75. The second-order valence-corrected chi connectivity index (χ2v) is 8.24. The second-order valence-electron chi connectivity index (χ2n) is 6.56. The Hall–Kier alpha value is -2.23. The van der Waals surface area contributed by atoms with Gasteiger partial charge >= 0.3 is 0 Å². The van der Waals surface area contributed by atoms with E-state index >= 15 is 0 Å². The number of hydrogen-bond acceptors (Lipinski definition) is 6. The zero-order valence-corrected chi connectivity index (χ0v) is 15.4. The van der Waals surface area contributed by atoms with Crippen LogP contribution in [0.5, 0.6) is 0 Å². The zero-order chi connectivity index (χ0) is 18.9. The summed E-state index contributed by atoms with van der Waals surface area (Å²) in [5, 5.41) is 0. The molecule has 0 atom stereocenters. The van der Waals surface area contributed by atoms with Gasteiger partial charge < -0.3 is 14.4 Å². The molecule has 7 nitrogen and oxygen atoms in total. The molecule has 1 aromatic heterocycles. The number of nitrogens with zero attached hydrogens (tertiary/aromatic N) is 2. The molecular formula is C18H20FN3O4S. The fraction of sp³-hybridized carbons (Fsp3) is 0.389. The van der Waals surface area contributed by atoms with Gasteiger partial charge in [0.05, 0.1) is 30.0 Å². The number of anilines is 2. The van der Waals surface area contributed by atoms with Crippen molar-refractivity contribution in [3.63, 3.8) is 0 Å². The van der Waals surface area contributed by atoms with Crippen LogP contribution in [0.2, 0.25) is 0 Å². The van der Waals surface area contributed by atoms with Crippen molar-refractivity contribution < 1.29 is 22.3 Å². The SMILES string of the molecule is O=S(=O)(Nc1ccc(N2CCC3(CC2)OCCO3)nc1)c1ccc(F)cc1. The van der Waals surface area contributed by atoms with Crippen LogP contribution in [0.1, 0.15) is 12.8 Å². The number of hydrogen-bond donors (Lipinski definition) is 1. The van der Waals surface area contributed by atoms with Crippen LogP contribution >= 0.6 is 0 Å². The highest BCUT2D eigenvalue weighted by molar-refractivity contribution is 7.92. The van der Waals surface area contributed by atoms with Crippen LogP contribution < -0.4 is 9.62 Å².